The summed E-state index contributed by atoms with van der Waals surface area (Å²) in [7, 11) is 0. The molecule has 2 rings (SSSR count). The highest BCUT2D eigenvalue weighted by Gasteiger charge is 2.24. The van der Waals surface area contributed by atoms with Gasteiger partial charge in [0.05, 0.1) is 5.75 Å². The van der Waals surface area contributed by atoms with Gasteiger partial charge in [-0.2, -0.15) is 11.8 Å². The first-order valence-corrected chi connectivity index (χ1v) is 7.05. The number of hydrogen-bond acceptors (Lipinski definition) is 2. The molecule has 80 valence electrons. The summed E-state index contributed by atoms with van der Waals surface area (Å²) in [5, 5.41) is 0.806. The Morgan fingerprint density at radius 3 is 2.21 bits per heavy atom. The van der Waals surface area contributed by atoms with E-state index in [0.29, 0.717) is 11.7 Å². The van der Waals surface area contributed by atoms with Gasteiger partial charge in [-0.15, -0.1) is 0 Å². The van der Waals surface area contributed by atoms with Crippen molar-refractivity contribution in [2.45, 2.75) is 56.6 Å². The fourth-order valence-corrected chi connectivity index (χ4v) is 3.92. The molecule has 0 unspecified atom stereocenters. The van der Waals surface area contributed by atoms with Crippen LogP contribution in [0.5, 0.6) is 0 Å². The van der Waals surface area contributed by atoms with Crippen molar-refractivity contribution >= 4 is 17.5 Å². The van der Waals surface area contributed by atoms with Crippen LogP contribution in [0.1, 0.15) is 51.4 Å². The van der Waals surface area contributed by atoms with Gasteiger partial charge in [-0.25, -0.2) is 0 Å². The number of Topliss-reactive ketones (excluding diaryl/α,β-unsaturated/α-hetero) is 1. The Hall–Kier alpha value is 0.0200. The van der Waals surface area contributed by atoms with E-state index in [9.17, 15) is 4.79 Å². The third-order valence-corrected chi connectivity index (χ3v) is 4.97. The van der Waals surface area contributed by atoms with Crippen LogP contribution in [0.3, 0.4) is 0 Å². The van der Waals surface area contributed by atoms with Crippen LogP contribution in [0.25, 0.3) is 0 Å². The van der Waals surface area contributed by atoms with E-state index < -0.39 is 0 Å². The maximum absolute atomic E-state index is 11.8. The molecule has 2 aliphatic carbocycles. The molecule has 0 amide bonds. The molecule has 1 nitrogen and oxygen atoms in total. The summed E-state index contributed by atoms with van der Waals surface area (Å²) < 4.78 is 0. The molecular weight excluding hydrogens is 192 g/mol. The van der Waals surface area contributed by atoms with Crippen LogP contribution in [0, 0.1) is 5.92 Å². The van der Waals surface area contributed by atoms with E-state index >= 15 is 0 Å². The maximum atomic E-state index is 11.8. The smallest absolute Gasteiger partial charge is 0.145 e. The van der Waals surface area contributed by atoms with E-state index in [2.05, 4.69) is 0 Å². The Labute approximate surface area is 91.0 Å². The van der Waals surface area contributed by atoms with Gasteiger partial charge < -0.3 is 0 Å². The Kier molecular flexibility index (Phi) is 3.91. The Morgan fingerprint density at radius 1 is 1.00 bits per heavy atom. The molecule has 0 bridgehead atoms. The number of carbonyl (C=O) groups is 1. The van der Waals surface area contributed by atoms with Crippen molar-refractivity contribution in [2.24, 2.45) is 5.92 Å². The van der Waals surface area contributed by atoms with Gasteiger partial charge in [0, 0.05) is 11.2 Å². The zero-order chi connectivity index (χ0) is 9.80. The predicted octanol–water partition coefficient (Wildman–Crippen LogP) is 3.42. The molecule has 2 aliphatic rings. The van der Waals surface area contributed by atoms with Crippen molar-refractivity contribution in [2.75, 3.05) is 5.75 Å². The first-order valence-electron chi connectivity index (χ1n) is 6.00. The molecule has 0 radical (unpaired) electrons. The van der Waals surface area contributed by atoms with Crippen molar-refractivity contribution in [1.29, 1.82) is 0 Å². The molecule has 0 aromatic rings. The molecule has 0 aromatic heterocycles. The van der Waals surface area contributed by atoms with E-state index in [4.69, 9.17) is 0 Å². The molecule has 0 N–H and O–H groups in total. The van der Waals surface area contributed by atoms with Gasteiger partial charge in [0.25, 0.3) is 0 Å². The summed E-state index contributed by atoms with van der Waals surface area (Å²) in [5.41, 5.74) is 0. The van der Waals surface area contributed by atoms with Crippen LogP contribution >= 0.6 is 11.8 Å². The van der Waals surface area contributed by atoms with E-state index in [1.165, 1.54) is 51.4 Å². The minimum Gasteiger partial charge on any atom is -0.298 e. The van der Waals surface area contributed by atoms with Crippen molar-refractivity contribution in [3.05, 3.63) is 0 Å². The lowest BCUT2D eigenvalue weighted by molar-refractivity contribution is -0.120. The molecular formula is C12H20OS. The van der Waals surface area contributed by atoms with Gasteiger partial charge in [-0.1, -0.05) is 25.7 Å². The predicted molar refractivity (Wildman–Crippen MR) is 61.7 cm³/mol. The first-order chi connectivity index (χ1) is 6.86. The average Bonchev–Trinajstić information content (AvgIpc) is 2.87. The lowest BCUT2D eigenvalue weighted by atomic mass is 10.0. The van der Waals surface area contributed by atoms with Gasteiger partial charge in [0.15, 0.2) is 0 Å². The molecule has 2 fully saturated rings. The molecule has 0 aliphatic heterocycles. The molecule has 2 heteroatoms. The number of rotatable bonds is 4. The zero-order valence-corrected chi connectivity index (χ0v) is 9.65. The topological polar surface area (TPSA) is 17.1 Å². The summed E-state index contributed by atoms with van der Waals surface area (Å²) in [6.07, 6.45) is 10.4. The van der Waals surface area contributed by atoms with Gasteiger partial charge in [-0.3, -0.25) is 4.79 Å². The molecule has 2 saturated carbocycles. The molecule has 14 heavy (non-hydrogen) atoms. The Balaban J connectivity index is 1.66. The molecule has 0 saturated heterocycles. The maximum Gasteiger partial charge on any atom is 0.145 e. The van der Waals surface area contributed by atoms with Crippen molar-refractivity contribution < 1.29 is 4.79 Å². The summed E-state index contributed by atoms with van der Waals surface area (Å²) in [4.78, 5) is 11.8. The summed E-state index contributed by atoms with van der Waals surface area (Å²) in [6.45, 7) is 0. The third kappa shape index (κ3) is 2.75. The number of carbonyl (C=O) groups excluding carboxylic acids is 1. The van der Waals surface area contributed by atoms with Gasteiger partial charge in [0.2, 0.25) is 0 Å². The molecule has 0 spiro atoms. The van der Waals surface area contributed by atoms with Crippen LogP contribution in [-0.4, -0.2) is 16.8 Å². The van der Waals surface area contributed by atoms with Crippen LogP contribution in [0.4, 0.5) is 0 Å². The fraction of sp³-hybridized carbons (Fsp3) is 0.917. The number of ketones is 1. The first kappa shape index (κ1) is 10.5. The standard InChI is InChI=1S/C12H20OS/c13-12(10-5-1-2-6-10)9-14-11-7-3-4-8-11/h10-11H,1-9H2. The zero-order valence-electron chi connectivity index (χ0n) is 8.84. The Morgan fingerprint density at radius 2 is 1.57 bits per heavy atom. The van der Waals surface area contributed by atoms with E-state index in [-0.39, 0.29) is 0 Å². The Bertz CT molecular complexity index is 190. The van der Waals surface area contributed by atoms with Crippen LogP contribution in [-0.2, 0) is 4.79 Å². The minimum atomic E-state index is 0.434. The minimum absolute atomic E-state index is 0.434. The highest BCUT2D eigenvalue weighted by atomic mass is 32.2. The summed E-state index contributed by atoms with van der Waals surface area (Å²) in [5.74, 6) is 1.78. The van der Waals surface area contributed by atoms with Gasteiger partial charge in [0.1, 0.15) is 5.78 Å². The van der Waals surface area contributed by atoms with Crippen molar-refractivity contribution in [1.82, 2.24) is 0 Å². The van der Waals surface area contributed by atoms with E-state index in [1.807, 2.05) is 11.8 Å². The highest BCUT2D eigenvalue weighted by Crippen LogP contribution is 2.32. The molecule has 0 atom stereocenters. The number of hydrogen-bond donors (Lipinski definition) is 0. The van der Waals surface area contributed by atoms with Gasteiger partial charge >= 0.3 is 0 Å². The normalized spacial score (nSPS) is 24.6. The SMILES string of the molecule is O=C(CSC1CCCC1)C1CCCC1. The largest absolute Gasteiger partial charge is 0.298 e. The van der Waals surface area contributed by atoms with Crippen LogP contribution in [0.2, 0.25) is 0 Å². The average molecular weight is 212 g/mol. The fourth-order valence-electron chi connectivity index (χ4n) is 2.62. The van der Waals surface area contributed by atoms with Crippen molar-refractivity contribution in [3.63, 3.8) is 0 Å². The van der Waals surface area contributed by atoms with Gasteiger partial charge in [-0.05, 0) is 25.7 Å². The number of thioether (sulfide) groups is 1. The van der Waals surface area contributed by atoms with Crippen molar-refractivity contribution in [3.8, 4) is 0 Å². The monoisotopic (exact) mass is 212 g/mol. The summed E-state index contributed by atoms with van der Waals surface area (Å²) >= 11 is 1.93. The lowest BCUT2D eigenvalue weighted by Gasteiger charge is -2.10. The van der Waals surface area contributed by atoms with Crippen LogP contribution < -0.4 is 0 Å². The molecule has 0 heterocycles. The second-order valence-electron chi connectivity index (χ2n) is 4.67. The summed E-state index contributed by atoms with van der Waals surface area (Å²) in [6, 6.07) is 0. The second kappa shape index (κ2) is 5.20. The second-order valence-corrected chi connectivity index (χ2v) is 5.95. The quantitative estimate of drug-likeness (QED) is 0.710. The third-order valence-electron chi connectivity index (χ3n) is 3.57. The lowest BCUT2D eigenvalue weighted by Crippen LogP contribution is -2.14. The highest BCUT2D eigenvalue weighted by molar-refractivity contribution is 8.00. The molecule has 0 aromatic carbocycles. The van der Waals surface area contributed by atoms with E-state index in [0.717, 1.165) is 11.0 Å². The van der Waals surface area contributed by atoms with Crippen LogP contribution in [0.15, 0.2) is 0 Å². The van der Waals surface area contributed by atoms with E-state index in [1.54, 1.807) is 0 Å².